The first-order chi connectivity index (χ1) is 16.6. The molecule has 3 heterocycles. The maximum absolute atomic E-state index is 13.0. The summed E-state index contributed by atoms with van der Waals surface area (Å²) in [5.74, 6) is -0.0333. The second kappa shape index (κ2) is 7.80. The fourth-order valence-corrected chi connectivity index (χ4v) is 6.10. The van der Waals surface area contributed by atoms with E-state index in [1.807, 2.05) is 54.3 Å². The van der Waals surface area contributed by atoms with E-state index in [0.717, 1.165) is 52.9 Å². The van der Waals surface area contributed by atoms with Gasteiger partial charge in [-0.15, -0.1) is 0 Å². The predicted octanol–water partition coefficient (Wildman–Crippen LogP) is 4.56. The molecule has 0 amide bonds. The number of fused-ring (bicyclic) bond motifs is 3. The summed E-state index contributed by atoms with van der Waals surface area (Å²) in [6, 6.07) is 14.2. The minimum Gasteiger partial charge on any atom is -0.515 e. The van der Waals surface area contributed by atoms with E-state index in [1.165, 1.54) is 0 Å². The van der Waals surface area contributed by atoms with E-state index >= 15 is 0 Å². The van der Waals surface area contributed by atoms with Gasteiger partial charge in [-0.05, 0) is 42.9 Å². The van der Waals surface area contributed by atoms with Gasteiger partial charge in [0.25, 0.3) is 0 Å². The molecule has 0 bridgehead atoms. The van der Waals surface area contributed by atoms with Gasteiger partial charge in [-0.1, -0.05) is 37.3 Å². The Morgan fingerprint density at radius 1 is 1.18 bits per heavy atom. The van der Waals surface area contributed by atoms with E-state index < -0.39 is 5.41 Å². The minimum atomic E-state index is -0.455. The lowest BCUT2D eigenvalue weighted by molar-refractivity contribution is -0.123. The third-order valence-electron chi connectivity index (χ3n) is 7.68. The molecule has 7 nitrogen and oxygen atoms in total. The number of nitrogens with one attached hydrogen (secondary N) is 1. The summed E-state index contributed by atoms with van der Waals surface area (Å²) in [4.78, 5) is 17.1. The Morgan fingerprint density at radius 3 is 2.74 bits per heavy atom. The van der Waals surface area contributed by atoms with Gasteiger partial charge in [0, 0.05) is 46.6 Å². The molecule has 34 heavy (non-hydrogen) atoms. The van der Waals surface area contributed by atoms with E-state index in [4.69, 9.17) is 5.10 Å². The van der Waals surface area contributed by atoms with Gasteiger partial charge in [0.1, 0.15) is 0 Å². The molecule has 2 aliphatic carbocycles. The van der Waals surface area contributed by atoms with Crippen molar-refractivity contribution in [2.24, 2.45) is 11.8 Å². The molecule has 0 aliphatic heterocycles. The number of aromatic amines is 1. The number of H-pyrrole nitrogens is 1. The summed E-state index contributed by atoms with van der Waals surface area (Å²) in [5.41, 5.74) is 6.13. The summed E-state index contributed by atoms with van der Waals surface area (Å²) in [5, 5.41) is 22.6. The van der Waals surface area contributed by atoms with E-state index in [0.29, 0.717) is 12.0 Å². The second-order valence-corrected chi connectivity index (χ2v) is 9.27. The largest absolute Gasteiger partial charge is 0.515 e. The highest BCUT2D eigenvalue weighted by molar-refractivity contribution is 5.98. The Hall–Kier alpha value is -4.00. The number of carbonyl (C=O) groups excluding carboxylic acids is 1. The molecule has 0 unspecified atom stereocenters. The summed E-state index contributed by atoms with van der Waals surface area (Å²) < 4.78 is 1.82. The number of Topliss-reactive ketones (excluding diaryl/α,β-unsaturated/α-hetero) is 1. The van der Waals surface area contributed by atoms with Gasteiger partial charge < -0.3 is 5.11 Å². The first-order valence-corrected chi connectivity index (χ1v) is 11.6. The Labute approximate surface area is 197 Å². The fourth-order valence-electron chi connectivity index (χ4n) is 6.10. The molecule has 7 heteroatoms. The van der Waals surface area contributed by atoms with Crippen molar-refractivity contribution in [1.29, 1.82) is 0 Å². The van der Waals surface area contributed by atoms with Crippen LogP contribution in [0.3, 0.4) is 0 Å². The number of aliphatic hydroxyl groups excluding tert-OH is 1. The van der Waals surface area contributed by atoms with Crippen LogP contribution < -0.4 is 0 Å². The van der Waals surface area contributed by atoms with Crippen molar-refractivity contribution in [2.75, 3.05) is 0 Å². The molecule has 3 atom stereocenters. The molecule has 2 N–H and O–H groups in total. The number of ketones is 1. The van der Waals surface area contributed by atoms with Gasteiger partial charge in [0.05, 0.1) is 29.5 Å². The quantitative estimate of drug-likeness (QED) is 0.352. The van der Waals surface area contributed by atoms with Gasteiger partial charge in [0.15, 0.2) is 5.78 Å². The Kier molecular flexibility index (Phi) is 4.72. The Bertz CT molecular complexity index is 1390. The number of aromatic nitrogens is 5. The number of rotatable bonds is 3. The van der Waals surface area contributed by atoms with Crippen molar-refractivity contribution < 1.29 is 9.90 Å². The maximum Gasteiger partial charge on any atom is 0.165 e. The number of benzene rings is 1. The van der Waals surface area contributed by atoms with Gasteiger partial charge >= 0.3 is 0 Å². The third-order valence-corrected chi connectivity index (χ3v) is 7.68. The molecule has 0 saturated heterocycles. The number of aliphatic hydroxyl groups is 1. The lowest BCUT2D eigenvalue weighted by Crippen LogP contribution is -2.50. The average Bonchev–Trinajstić information content (AvgIpc) is 3.55. The molecular weight excluding hydrogens is 426 g/mol. The molecule has 4 aromatic rings. The number of carbonyl (C=O) groups is 1. The van der Waals surface area contributed by atoms with E-state index in [1.54, 1.807) is 12.4 Å². The van der Waals surface area contributed by atoms with Crippen LogP contribution >= 0.6 is 0 Å². The number of nitrogens with zero attached hydrogens (tertiary/aromatic N) is 4. The van der Waals surface area contributed by atoms with Crippen molar-refractivity contribution in [2.45, 2.75) is 31.6 Å². The monoisotopic (exact) mass is 451 g/mol. The average molecular weight is 452 g/mol. The zero-order valence-electron chi connectivity index (χ0n) is 18.8. The smallest absolute Gasteiger partial charge is 0.165 e. The van der Waals surface area contributed by atoms with Crippen LogP contribution in [0.2, 0.25) is 0 Å². The molecule has 1 fully saturated rings. The summed E-state index contributed by atoms with van der Waals surface area (Å²) in [7, 11) is 0. The molecule has 3 aromatic heterocycles. The highest BCUT2D eigenvalue weighted by Crippen LogP contribution is 2.56. The van der Waals surface area contributed by atoms with Crippen LogP contribution in [-0.2, 0) is 16.6 Å². The zero-order valence-corrected chi connectivity index (χ0v) is 18.8. The summed E-state index contributed by atoms with van der Waals surface area (Å²) in [6.45, 7) is 1.99. The van der Waals surface area contributed by atoms with Crippen LogP contribution in [0.4, 0.5) is 0 Å². The molecule has 1 aromatic carbocycles. The van der Waals surface area contributed by atoms with Crippen molar-refractivity contribution in [1.82, 2.24) is 25.0 Å². The third kappa shape index (κ3) is 2.89. The highest BCUT2D eigenvalue weighted by atomic mass is 16.2. The first-order valence-electron chi connectivity index (χ1n) is 11.6. The topological polar surface area (TPSA) is 96.7 Å². The first kappa shape index (κ1) is 20.6. The Morgan fingerprint density at radius 2 is 1.97 bits per heavy atom. The molecule has 6 rings (SSSR count). The normalized spacial score (nSPS) is 25.2. The van der Waals surface area contributed by atoms with Crippen LogP contribution in [0.5, 0.6) is 0 Å². The van der Waals surface area contributed by atoms with Crippen LogP contribution in [0.25, 0.3) is 16.9 Å². The van der Waals surface area contributed by atoms with Gasteiger partial charge in [-0.3, -0.25) is 14.9 Å². The van der Waals surface area contributed by atoms with Crippen molar-refractivity contribution in [3.05, 3.63) is 95.9 Å². The maximum atomic E-state index is 13.0. The van der Waals surface area contributed by atoms with Gasteiger partial charge in [-0.2, -0.15) is 10.2 Å². The molecule has 0 radical (unpaired) electrons. The predicted molar refractivity (Wildman–Crippen MR) is 127 cm³/mol. The Balaban J connectivity index is 1.51. The van der Waals surface area contributed by atoms with Gasteiger partial charge in [0.2, 0.25) is 0 Å². The van der Waals surface area contributed by atoms with Crippen LogP contribution in [0.15, 0.2) is 79.1 Å². The number of hydrogen-bond acceptors (Lipinski definition) is 5. The molecule has 2 aliphatic rings. The van der Waals surface area contributed by atoms with E-state index in [-0.39, 0.29) is 17.6 Å². The molecular formula is C27H25N5O2. The molecule has 1 saturated carbocycles. The van der Waals surface area contributed by atoms with E-state index in [2.05, 4.69) is 27.3 Å². The molecule has 0 spiro atoms. The number of pyridine rings is 1. The molecule has 170 valence electrons. The van der Waals surface area contributed by atoms with Crippen molar-refractivity contribution >= 4 is 5.78 Å². The second-order valence-electron chi connectivity index (χ2n) is 9.27. The highest BCUT2D eigenvalue weighted by Gasteiger charge is 2.55. The zero-order chi connectivity index (χ0) is 23.3. The van der Waals surface area contributed by atoms with Crippen LogP contribution in [-0.4, -0.2) is 35.9 Å². The lowest BCUT2D eigenvalue weighted by atomic mass is 9.52. The van der Waals surface area contributed by atoms with E-state index in [9.17, 15) is 9.90 Å². The fraction of sp³-hybridized carbons (Fsp3) is 0.259. The lowest BCUT2D eigenvalue weighted by Gasteiger charge is -2.50. The minimum absolute atomic E-state index is 0.0425. The standard InChI is InChI=1S/C27H25N5O2/c1-17-23-8-7-22-24(19-14-29-32(15-19)21-9-11-28-12-10-21)30-31-26(22)27(23,13-18(16-33)25(17)34)20-5-3-2-4-6-20/h2-6,9-12,14-17,23,33H,7-8,13H2,1H3,(H,30,31)/t17-,23-,27+/m0/s1. The summed E-state index contributed by atoms with van der Waals surface area (Å²) >= 11 is 0. The number of hydrogen-bond donors (Lipinski definition) is 2. The van der Waals surface area contributed by atoms with Crippen molar-refractivity contribution in [3.63, 3.8) is 0 Å². The van der Waals surface area contributed by atoms with Crippen LogP contribution in [0, 0.1) is 11.8 Å². The number of allylic oxidation sites excluding steroid dienone is 1. The SMILES string of the molecule is C[C@@H]1C(=O)C(=CO)C[C@]2(c3ccccc3)c3[nH]nc(-c4cnn(-c5ccncc5)c4)c3CC[C@@H]12. The van der Waals surface area contributed by atoms with Gasteiger partial charge in [-0.25, -0.2) is 4.68 Å². The summed E-state index contributed by atoms with van der Waals surface area (Å²) in [6.07, 6.45) is 10.5. The van der Waals surface area contributed by atoms with Crippen LogP contribution in [0.1, 0.15) is 36.6 Å². The van der Waals surface area contributed by atoms with Crippen molar-refractivity contribution in [3.8, 4) is 16.9 Å².